The van der Waals surface area contributed by atoms with E-state index in [2.05, 4.69) is 10.6 Å². The molecule has 0 aliphatic carbocycles. The van der Waals surface area contributed by atoms with Crippen LogP contribution in [0.15, 0.2) is 60.7 Å². The van der Waals surface area contributed by atoms with E-state index in [4.69, 9.17) is 33.7 Å². The van der Waals surface area contributed by atoms with Crippen LogP contribution in [0, 0.1) is 5.82 Å². The Morgan fingerprint density at radius 3 is 2.30 bits per heavy atom. The van der Waals surface area contributed by atoms with Gasteiger partial charge in [-0.2, -0.15) is 0 Å². The number of anilines is 3. The Labute approximate surface area is 181 Å². The number of hydrogen-bond donors (Lipinski definition) is 3. The van der Waals surface area contributed by atoms with Gasteiger partial charge < -0.3 is 21.1 Å². The fraction of sp³-hybridized carbons (Fsp3) is 0.0476. The molecule has 0 aliphatic heterocycles. The van der Waals surface area contributed by atoms with Crippen LogP contribution in [-0.2, 0) is 4.79 Å². The van der Waals surface area contributed by atoms with E-state index < -0.39 is 24.2 Å². The summed E-state index contributed by atoms with van der Waals surface area (Å²) in [6.07, 6.45) is 0. The van der Waals surface area contributed by atoms with Crippen molar-refractivity contribution < 1.29 is 18.7 Å². The van der Waals surface area contributed by atoms with Crippen LogP contribution in [0.5, 0.6) is 5.75 Å². The van der Waals surface area contributed by atoms with Crippen molar-refractivity contribution in [2.24, 2.45) is 0 Å². The lowest BCUT2D eigenvalue weighted by Crippen LogP contribution is -2.22. The van der Waals surface area contributed by atoms with Crippen LogP contribution in [0.2, 0.25) is 10.0 Å². The number of carbonyl (C=O) groups excluding carboxylic acids is 2. The van der Waals surface area contributed by atoms with E-state index in [1.807, 2.05) is 0 Å². The summed E-state index contributed by atoms with van der Waals surface area (Å²) < 4.78 is 19.1. The van der Waals surface area contributed by atoms with Gasteiger partial charge in [0.2, 0.25) is 0 Å². The van der Waals surface area contributed by atoms with Crippen molar-refractivity contribution in [1.82, 2.24) is 0 Å². The minimum atomic E-state index is -0.576. The molecule has 0 unspecified atom stereocenters. The maximum absolute atomic E-state index is 13.6. The Morgan fingerprint density at radius 2 is 1.60 bits per heavy atom. The first-order valence-corrected chi connectivity index (χ1v) is 9.43. The molecule has 0 saturated heterocycles. The molecule has 0 bridgehead atoms. The third-order valence-electron chi connectivity index (χ3n) is 3.98. The van der Waals surface area contributed by atoms with Gasteiger partial charge in [0.05, 0.1) is 27.0 Å². The standard InChI is InChI=1S/C21H16Cl2FN3O3/c22-14-9-12(10-15(23)20(14)25)26-21(29)13-5-1-4-8-18(13)30-11-19(28)27-17-7-3-2-6-16(17)24/h1-10H,11,25H2,(H,26,29)(H,27,28). The van der Waals surface area contributed by atoms with Crippen LogP contribution in [0.1, 0.15) is 10.4 Å². The molecule has 0 heterocycles. The third kappa shape index (κ3) is 5.20. The minimum absolute atomic E-state index is 0.0363. The minimum Gasteiger partial charge on any atom is -0.483 e. The molecule has 154 valence electrons. The number of benzene rings is 3. The number of rotatable bonds is 6. The molecule has 0 atom stereocenters. The first-order chi connectivity index (χ1) is 14.3. The monoisotopic (exact) mass is 447 g/mol. The largest absolute Gasteiger partial charge is 0.483 e. The molecule has 0 aromatic heterocycles. The van der Waals surface area contributed by atoms with Crippen LogP contribution < -0.4 is 21.1 Å². The molecular weight excluding hydrogens is 432 g/mol. The fourth-order valence-corrected chi connectivity index (χ4v) is 3.01. The first kappa shape index (κ1) is 21.4. The number of halogens is 3. The van der Waals surface area contributed by atoms with Gasteiger partial charge in [-0.1, -0.05) is 47.5 Å². The number of hydrogen-bond acceptors (Lipinski definition) is 4. The summed E-state index contributed by atoms with van der Waals surface area (Å²) in [6.45, 7) is -0.418. The van der Waals surface area contributed by atoms with E-state index in [9.17, 15) is 14.0 Å². The number of para-hydroxylation sites is 2. The zero-order chi connectivity index (χ0) is 21.7. The Bertz CT molecular complexity index is 1090. The Morgan fingerprint density at radius 1 is 0.967 bits per heavy atom. The predicted octanol–water partition coefficient (Wildman–Crippen LogP) is 4.98. The molecule has 3 aromatic rings. The quantitative estimate of drug-likeness (QED) is 0.464. The lowest BCUT2D eigenvalue weighted by atomic mass is 10.1. The molecular formula is C21H16Cl2FN3O3. The Kier molecular flexibility index (Phi) is 6.76. The molecule has 2 amide bonds. The number of ether oxygens (including phenoxy) is 1. The molecule has 3 aromatic carbocycles. The van der Waals surface area contributed by atoms with Gasteiger partial charge in [-0.15, -0.1) is 0 Å². The van der Waals surface area contributed by atoms with Gasteiger partial charge in [-0.25, -0.2) is 4.39 Å². The van der Waals surface area contributed by atoms with Crippen LogP contribution in [0.3, 0.4) is 0 Å². The van der Waals surface area contributed by atoms with Gasteiger partial charge in [0.1, 0.15) is 11.6 Å². The highest BCUT2D eigenvalue weighted by Crippen LogP contribution is 2.31. The lowest BCUT2D eigenvalue weighted by molar-refractivity contribution is -0.118. The Balaban J connectivity index is 1.69. The molecule has 3 rings (SSSR count). The van der Waals surface area contributed by atoms with E-state index in [1.54, 1.807) is 18.2 Å². The second-order valence-electron chi connectivity index (χ2n) is 6.12. The third-order valence-corrected chi connectivity index (χ3v) is 4.60. The van der Waals surface area contributed by atoms with Gasteiger partial charge >= 0.3 is 0 Å². The van der Waals surface area contributed by atoms with Crippen LogP contribution in [0.4, 0.5) is 21.5 Å². The van der Waals surface area contributed by atoms with Gasteiger partial charge in [0.25, 0.3) is 11.8 Å². The van der Waals surface area contributed by atoms with Crippen molar-refractivity contribution in [3.05, 3.63) is 82.1 Å². The van der Waals surface area contributed by atoms with E-state index in [1.165, 1.54) is 42.5 Å². The van der Waals surface area contributed by atoms with E-state index in [0.29, 0.717) is 5.69 Å². The maximum Gasteiger partial charge on any atom is 0.262 e. The summed E-state index contributed by atoms with van der Waals surface area (Å²) in [7, 11) is 0. The second-order valence-corrected chi connectivity index (χ2v) is 6.93. The van der Waals surface area contributed by atoms with Gasteiger partial charge in [0, 0.05) is 5.69 Å². The molecule has 30 heavy (non-hydrogen) atoms. The summed E-state index contributed by atoms with van der Waals surface area (Å²) in [6, 6.07) is 15.0. The first-order valence-electron chi connectivity index (χ1n) is 8.67. The lowest BCUT2D eigenvalue weighted by Gasteiger charge is -2.13. The van der Waals surface area contributed by atoms with Crippen molar-refractivity contribution in [3.8, 4) is 5.75 Å². The van der Waals surface area contributed by atoms with Crippen LogP contribution in [-0.4, -0.2) is 18.4 Å². The second kappa shape index (κ2) is 9.47. The molecule has 0 saturated carbocycles. The topological polar surface area (TPSA) is 93.4 Å². The van der Waals surface area contributed by atoms with E-state index in [0.717, 1.165) is 0 Å². The Hall–Kier alpha value is -3.29. The fourth-order valence-electron chi connectivity index (χ4n) is 2.53. The van der Waals surface area contributed by atoms with Gasteiger partial charge in [-0.05, 0) is 36.4 Å². The molecule has 0 spiro atoms. The zero-order valence-electron chi connectivity index (χ0n) is 15.4. The number of nitrogens with one attached hydrogen (secondary N) is 2. The van der Waals surface area contributed by atoms with E-state index in [-0.39, 0.29) is 32.7 Å². The summed E-state index contributed by atoms with van der Waals surface area (Å²) in [5, 5.41) is 5.46. The maximum atomic E-state index is 13.6. The van der Waals surface area contributed by atoms with Crippen molar-refractivity contribution >= 4 is 52.1 Å². The summed E-state index contributed by atoms with van der Waals surface area (Å²) in [5.41, 5.74) is 6.46. The van der Waals surface area contributed by atoms with Gasteiger partial charge in [-0.3, -0.25) is 9.59 Å². The van der Waals surface area contributed by atoms with E-state index >= 15 is 0 Å². The van der Waals surface area contributed by atoms with Crippen molar-refractivity contribution in [1.29, 1.82) is 0 Å². The average Bonchev–Trinajstić information content (AvgIpc) is 2.72. The molecule has 9 heteroatoms. The zero-order valence-corrected chi connectivity index (χ0v) is 16.9. The summed E-state index contributed by atoms with van der Waals surface area (Å²) in [5.74, 6) is -1.47. The van der Waals surface area contributed by atoms with Crippen LogP contribution >= 0.6 is 23.2 Å². The van der Waals surface area contributed by atoms with Crippen LogP contribution in [0.25, 0.3) is 0 Å². The average molecular weight is 448 g/mol. The number of nitrogens with two attached hydrogens (primary N) is 1. The highest BCUT2D eigenvalue weighted by Gasteiger charge is 2.15. The number of carbonyl (C=O) groups is 2. The van der Waals surface area contributed by atoms with Gasteiger partial charge in [0.15, 0.2) is 6.61 Å². The summed E-state index contributed by atoms with van der Waals surface area (Å²) in [4.78, 5) is 24.7. The molecule has 0 radical (unpaired) electrons. The smallest absolute Gasteiger partial charge is 0.262 e. The van der Waals surface area contributed by atoms with Crippen molar-refractivity contribution in [2.75, 3.05) is 23.0 Å². The number of amides is 2. The predicted molar refractivity (Wildman–Crippen MR) is 116 cm³/mol. The molecule has 6 nitrogen and oxygen atoms in total. The highest BCUT2D eigenvalue weighted by molar-refractivity contribution is 6.39. The summed E-state index contributed by atoms with van der Waals surface area (Å²) >= 11 is 12.0. The normalized spacial score (nSPS) is 10.4. The van der Waals surface area contributed by atoms with Crippen molar-refractivity contribution in [2.45, 2.75) is 0 Å². The van der Waals surface area contributed by atoms with Crippen molar-refractivity contribution in [3.63, 3.8) is 0 Å². The molecule has 4 N–H and O–H groups in total. The molecule has 0 fully saturated rings. The number of nitrogen functional groups attached to an aromatic ring is 1. The molecule has 0 aliphatic rings. The highest BCUT2D eigenvalue weighted by atomic mass is 35.5. The SMILES string of the molecule is Nc1c(Cl)cc(NC(=O)c2ccccc2OCC(=O)Nc2ccccc2F)cc1Cl.